The zero-order chi connectivity index (χ0) is 16.6. The van der Waals surface area contributed by atoms with Crippen LogP contribution in [0.4, 0.5) is 19.0 Å². The van der Waals surface area contributed by atoms with Gasteiger partial charge in [-0.1, -0.05) is 13.0 Å². The lowest BCUT2D eigenvalue weighted by Gasteiger charge is -2.26. The van der Waals surface area contributed by atoms with Gasteiger partial charge in [0.05, 0.1) is 17.8 Å². The van der Waals surface area contributed by atoms with Crippen LogP contribution in [0.1, 0.15) is 30.6 Å². The maximum atomic E-state index is 14.5. The Morgan fingerprint density at radius 2 is 2.00 bits per heavy atom. The molecule has 1 aromatic carbocycles. The molecule has 3 rings (SSSR count). The summed E-state index contributed by atoms with van der Waals surface area (Å²) < 4.78 is 41.1. The summed E-state index contributed by atoms with van der Waals surface area (Å²) in [5, 5.41) is 9.96. The number of hydrogen-bond acceptors (Lipinski definition) is 4. The van der Waals surface area contributed by atoms with Crippen molar-refractivity contribution in [2.24, 2.45) is 0 Å². The fourth-order valence-corrected chi connectivity index (χ4v) is 2.93. The molecule has 4 nitrogen and oxygen atoms in total. The van der Waals surface area contributed by atoms with Crippen molar-refractivity contribution in [3.63, 3.8) is 0 Å². The number of halogens is 3. The van der Waals surface area contributed by atoms with E-state index in [1.807, 2.05) is 0 Å². The number of aryl methyl sites for hydroxylation is 1. The molecule has 0 amide bonds. The number of aliphatic hydroxyl groups is 1. The van der Waals surface area contributed by atoms with Crippen LogP contribution in [0.2, 0.25) is 0 Å². The van der Waals surface area contributed by atoms with Gasteiger partial charge in [0.2, 0.25) is 0 Å². The van der Waals surface area contributed by atoms with E-state index >= 15 is 0 Å². The van der Waals surface area contributed by atoms with Crippen molar-refractivity contribution in [2.45, 2.75) is 31.9 Å². The minimum Gasteiger partial charge on any atom is -0.391 e. The van der Waals surface area contributed by atoms with Crippen molar-refractivity contribution in [3.05, 3.63) is 53.2 Å². The molecule has 0 saturated carbocycles. The Hall–Kier alpha value is -2.15. The molecule has 1 N–H and O–H groups in total. The lowest BCUT2D eigenvalue weighted by Crippen LogP contribution is -2.27. The van der Waals surface area contributed by atoms with Crippen LogP contribution in [0.15, 0.2) is 24.5 Å². The van der Waals surface area contributed by atoms with Gasteiger partial charge in [-0.2, -0.15) is 0 Å². The molecule has 1 fully saturated rings. The molecule has 2 atom stereocenters. The van der Waals surface area contributed by atoms with Gasteiger partial charge >= 0.3 is 0 Å². The molecule has 1 aromatic heterocycles. The van der Waals surface area contributed by atoms with Crippen molar-refractivity contribution in [2.75, 3.05) is 11.4 Å². The van der Waals surface area contributed by atoms with Crippen molar-refractivity contribution in [1.29, 1.82) is 0 Å². The van der Waals surface area contributed by atoms with Crippen LogP contribution in [-0.2, 0) is 6.42 Å². The summed E-state index contributed by atoms with van der Waals surface area (Å²) in [6.45, 7) is 1.95. The number of aliphatic hydroxyl groups excluding tert-OH is 1. The monoisotopic (exact) mass is 323 g/mol. The van der Waals surface area contributed by atoms with Crippen LogP contribution < -0.4 is 4.90 Å². The van der Waals surface area contributed by atoms with Crippen LogP contribution in [0, 0.1) is 17.5 Å². The highest BCUT2D eigenvalue weighted by molar-refractivity contribution is 5.46. The molecule has 2 aromatic rings. The van der Waals surface area contributed by atoms with Gasteiger partial charge in [0.15, 0.2) is 23.3 Å². The van der Waals surface area contributed by atoms with Gasteiger partial charge in [-0.25, -0.2) is 23.1 Å². The number of hydrogen-bond donors (Lipinski definition) is 1. The third-order valence-electron chi connectivity index (χ3n) is 4.06. The van der Waals surface area contributed by atoms with Gasteiger partial charge in [0.1, 0.15) is 6.33 Å². The Labute approximate surface area is 131 Å². The normalized spacial score (nSPS) is 21.0. The lowest BCUT2D eigenvalue weighted by molar-refractivity contribution is 0.194. The van der Waals surface area contributed by atoms with Gasteiger partial charge in [0.25, 0.3) is 0 Å². The van der Waals surface area contributed by atoms with Crippen LogP contribution in [0.3, 0.4) is 0 Å². The Balaban J connectivity index is 2.01. The molecule has 0 bridgehead atoms. The molecule has 1 aliphatic rings. The highest BCUT2D eigenvalue weighted by atomic mass is 19.2. The second-order valence-electron chi connectivity index (χ2n) is 5.54. The minimum atomic E-state index is -0.971. The molecule has 23 heavy (non-hydrogen) atoms. The predicted molar refractivity (Wildman–Crippen MR) is 78.4 cm³/mol. The summed E-state index contributed by atoms with van der Waals surface area (Å²) in [4.78, 5) is 9.44. The Bertz CT molecular complexity index is 726. The summed E-state index contributed by atoms with van der Waals surface area (Å²) in [6, 6.07) is 3.06. The number of anilines is 1. The van der Waals surface area contributed by atoms with Crippen molar-refractivity contribution >= 4 is 5.82 Å². The molecular formula is C16H16F3N3O. The second-order valence-corrected chi connectivity index (χ2v) is 5.54. The molecule has 7 heteroatoms. The average molecular weight is 323 g/mol. The summed E-state index contributed by atoms with van der Waals surface area (Å²) in [7, 11) is 0. The third kappa shape index (κ3) is 2.88. The molecule has 0 unspecified atom stereocenters. The molecule has 1 aliphatic heterocycles. The molecule has 0 radical (unpaired) electrons. The van der Waals surface area contributed by atoms with Gasteiger partial charge < -0.3 is 10.0 Å². The minimum absolute atomic E-state index is 0.0723. The van der Waals surface area contributed by atoms with Crippen LogP contribution in [-0.4, -0.2) is 27.7 Å². The van der Waals surface area contributed by atoms with E-state index in [4.69, 9.17) is 0 Å². The standard InChI is InChI=1S/C16H16F3N3O/c1-2-13-15(19)16(21-8-20-13)22-7-10(23)6-14(22)9-3-4-11(17)12(18)5-9/h3-5,8,10,14,23H,2,6-7H2,1H3/t10-,14-/m0/s1. The van der Waals surface area contributed by atoms with E-state index in [9.17, 15) is 18.3 Å². The van der Waals surface area contributed by atoms with Crippen molar-refractivity contribution in [1.82, 2.24) is 9.97 Å². The first-order valence-electron chi connectivity index (χ1n) is 7.40. The lowest BCUT2D eigenvalue weighted by atomic mass is 10.0. The molecule has 2 heterocycles. The first-order chi connectivity index (χ1) is 11.0. The average Bonchev–Trinajstić information content (AvgIpc) is 2.92. The summed E-state index contributed by atoms with van der Waals surface area (Å²) in [6.07, 6.45) is 1.26. The summed E-state index contributed by atoms with van der Waals surface area (Å²) in [5.41, 5.74) is 0.747. The van der Waals surface area contributed by atoms with Crippen LogP contribution >= 0.6 is 0 Å². The predicted octanol–water partition coefficient (Wildman–Crippen LogP) is 2.77. The summed E-state index contributed by atoms with van der Waals surface area (Å²) >= 11 is 0. The maximum absolute atomic E-state index is 14.5. The highest BCUT2D eigenvalue weighted by Gasteiger charge is 2.35. The van der Waals surface area contributed by atoms with E-state index in [1.165, 1.54) is 12.4 Å². The van der Waals surface area contributed by atoms with E-state index in [0.29, 0.717) is 12.0 Å². The van der Waals surface area contributed by atoms with E-state index in [-0.39, 0.29) is 24.5 Å². The second kappa shape index (κ2) is 6.16. The number of nitrogens with zero attached hydrogens (tertiary/aromatic N) is 3. The van der Waals surface area contributed by atoms with Gasteiger partial charge in [0, 0.05) is 6.54 Å². The largest absolute Gasteiger partial charge is 0.391 e. The van der Waals surface area contributed by atoms with Crippen LogP contribution in [0.5, 0.6) is 0 Å². The first-order valence-corrected chi connectivity index (χ1v) is 7.40. The van der Waals surface area contributed by atoms with Gasteiger partial charge in [-0.15, -0.1) is 0 Å². The quantitative estimate of drug-likeness (QED) is 0.944. The summed E-state index contributed by atoms with van der Waals surface area (Å²) in [5.74, 6) is -2.39. The Morgan fingerprint density at radius 3 is 2.70 bits per heavy atom. The van der Waals surface area contributed by atoms with Gasteiger partial charge in [-0.3, -0.25) is 0 Å². The Morgan fingerprint density at radius 1 is 1.22 bits per heavy atom. The zero-order valence-corrected chi connectivity index (χ0v) is 12.5. The highest BCUT2D eigenvalue weighted by Crippen LogP contribution is 2.37. The zero-order valence-electron chi connectivity index (χ0n) is 12.5. The van der Waals surface area contributed by atoms with E-state index in [0.717, 1.165) is 12.1 Å². The molecule has 0 aliphatic carbocycles. The number of β-amino-alcohol motifs (C(OH)–C–C–N with tert-alkyl or cyclic N) is 1. The number of rotatable bonds is 3. The number of benzene rings is 1. The molecule has 1 saturated heterocycles. The molecule has 122 valence electrons. The maximum Gasteiger partial charge on any atom is 0.187 e. The van der Waals surface area contributed by atoms with E-state index in [2.05, 4.69) is 9.97 Å². The van der Waals surface area contributed by atoms with Crippen LogP contribution in [0.25, 0.3) is 0 Å². The molecule has 0 spiro atoms. The SMILES string of the molecule is CCc1ncnc(N2C[C@@H](O)C[C@H]2c2ccc(F)c(F)c2)c1F. The van der Waals surface area contributed by atoms with E-state index in [1.54, 1.807) is 11.8 Å². The topological polar surface area (TPSA) is 49.2 Å². The smallest absolute Gasteiger partial charge is 0.187 e. The fourth-order valence-electron chi connectivity index (χ4n) is 2.93. The number of aromatic nitrogens is 2. The fraction of sp³-hybridized carbons (Fsp3) is 0.375. The third-order valence-corrected chi connectivity index (χ3v) is 4.06. The van der Waals surface area contributed by atoms with Crippen molar-refractivity contribution < 1.29 is 18.3 Å². The molecular weight excluding hydrogens is 307 g/mol. The Kier molecular flexibility index (Phi) is 4.21. The van der Waals surface area contributed by atoms with Crippen molar-refractivity contribution in [3.8, 4) is 0 Å². The van der Waals surface area contributed by atoms with Gasteiger partial charge in [-0.05, 0) is 30.5 Å². The van der Waals surface area contributed by atoms with E-state index < -0.39 is 29.6 Å². The first kappa shape index (κ1) is 15.7.